The summed E-state index contributed by atoms with van der Waals surface area (Å²) in [4.78, 5) is 24.8. The molecule has 0 unspecified atom stereocenters. The Morgan fingerprint density at radius 2 is 2.07 bits per heavy atom. The maximum absolute atomic E-state index is 11.8. The lowest BCUT2D eigenvalue weighted by molar-refractivity contribution is -0.0822. The van der Waals surface area contributed by atoms with Gasteiger partial charge in [-0.2, -0.15) is 9.97 Å². The smallest absolute Gasteiger partial charge is 0.476 e. The van der Waals surface area contributed by atoms with E-state index in [4.69, 9.17) is 24.7 Å². The van der Waals surface area contributed by atoms with Gasteiger partial charge in [-0.15, -0.1) is 0 Å². The molecule has 10 nitrogen and oxygen atoms in total. The lowest BCUT2D eigenvalue weighted by Gasteiger charge is -2.26. The van der Waals surface area contributed by atoms with E-state index in [0.717, 1.165) is 12.8 Å². The van der Waals surface area contributed by atoms with Crippen molar-refractivity contribution in [2.45, 2.75) is 71.0 Å². The molecule has 0 aliphatic carbocycles. The van der Waals surface area contributed by atoms with Crippen LogP contribution in [0, 0.1) is 5.92 Å². The minimum atomic E-state index is -0.998. The molecular weight excluding hydrogens is 378 g/mol. The Bertz CT molecular complexity index is 914. The van der Waals surface area contributed by atoms with Gasteiger partial charge in [0.05, 0.1) is 12.9 Å². The highest BCUT2D eigenvalue weighted by Crippen LogP contribution is 2.48. The third-order valence-electron chi connectivity index (χ3n) is 5.90. The molecule has 0 radical (unpaired) electrons. The van der Waals surface area contributed by atoms with Crippen molar-refractivity contribution in [1.29, 1.82) is 0 Å². The van der Waals surface area contributed by atoms with Crippen molar-refractivity contribution in [3.8, 4) is 5.88 Å². The Balaban J connectivity index is 1.71. The molecule has 2 aromatic rings. The zero-order chi connectivity index (χ0) is 20.8. The molecule has 2 aromatic heterocycles. The fraction of sp³-hybridized carbons (Fsp3) is 0.684. The molecule has 10 heteroatoms. The number of hydrogen-bond donors (Lipinski definition) is 1. The second-order valence-electron chi connectivity index (χ2n) is 7.71. The number of hydrogen-bond acceptors (Lipinski definition) is 9. The van der Waals surface area contributed by atoms with Crippen molar-refractivity contribution >= 4 is 23.3 Å². The van der Waals surface area contributed by atoms with Crippen LogP contribution in [0.25, 0.3) is 11.2 Å². The van der Waals surface area contributed by atoms with E-state index in [1.165, 1.54) is 0 Å². The van der Waals surface area contributed by atoms with E-state index in [-0.39, 0.29) is 12.1 Å². The summed E-state index contributed by atoms with van der Waals surface area (Å²) >= 11 is 0. The third kappa shape index (κ3) is 3.15. The number of anilines is 1. The van der Waals surface area contributed by atoms with Gasteiger partial charge in [0.15, 0.2) is 29.1 Å². The van der Waals surface area contributed by atoms with Gasteiger partial charge in [-0.25, -0.2) is 9.78 Å². The molecule has 2 aliphatic rings. The zero-order valence-electron chi connectivity index (χ0n) is 17.1. The number of carbonyl (C=O) groups excluding carboxylic acids is 1. The predicted molar refractivity (Wildman–Crippen MR) is 103 cm³/mol. The molecule has 4 rings (SSSR count). The van der Waals surface area contributed by atoms with Crippen LogP contribution in [-0.2, 0) is 14.2 Å². The summed E-state index contributed by atoms with van der Waals surface area (Å²) < 4.78 is 24.7. The third-order valence-corrected chi connectivity index (χ3v) is 5.90. The van der Waals surface area contributed by atoms with Gasteiger partial charge < -0.3 is 24.7 Å². The number of ether oxygens (including phenoxy) is 4. The van der Waals surface area contributed by atoms with Gasteiger partial charge in [-0.05, 0) is 19.3 Å². The molecule has 0 amide bonds. The highest BCUT2D eigenvalue weighted by Gasteiger charge is 2.63. The fourth-order valence-corrected chi connectivity index (χ4v) is 4.04. The molecule has 2 fully saturated rings. The lowest BCUT2D eigenvalue weighted by atomic mass is 9.95. The van der Waals surface area contributed by atoms with Crippen molar-refractivity contribution in [2.75, 3.05) is 12.3 Å². The fourth-order valence-electron chi connectivity index (χ4n) is 4.04. The van der Waals surface area contributed by atoms with Gasteiger partial charge >= 0.3 is 6.16 Å². The van der Waals surface area contributed by atoms with E-state index in [1.54, 1.807) is 17.8 Å². The van der Waals surface area contributed by atoms with Crippen LogP contribution >= 0.6 is 0 Å². The summed E-state index contributed by atoms with van der Waals surface area (Å²) in [5.74, 6) is 0.830. The number of imidazole rings is 1. The largest absolute Gasteiger partial charge is 0.509 e. The summed E-state index contributed by atoms with van der Waals surface area (Å²) in [6, 6.07) is 0. The first kappa shape index (κ1) is 19.7. The number of rotatable bonds is 7. The van der Waals surface area contributed by atoms with Crippen LogP contribution < -0.4 is 10.5 Å². The first-order valence-corrected chi connectivity index (χ1v) is 10.1. The quantitative estimate of drug-likeness (QED) is 0.692. The van der Waals surface area contributed by atoms with Crippen LogP contribution in [0.4, 0.5) is 10.7 Å². The number of nitrogens with zero attached hydrogens (tertiary/aromatic N) is 4. The summed E-state index contributed by atoms with van der Waals surface area (Å²) in [5, 5.41) is 0. The van der Waals surface area contributed by atoms with Crippen molar-refractivity contribution in [3.05, 3.63) is 6.33 Å². The van der Waals surface area contributed by atoms with Gasteiger partial charge in [0.25, 0.3) is 0 Å². The number of carbonyl (C=O) groups is 1. The molecule has 2 aliphatic heterocycles. The molecule has 4 atom stereocenters. The Morgan fingerprint density at radius 1 is 1.31 bits per heavy atom. The van der Waals surface area contributed by atoms with Crippen molar-refractivity contribution < 1.29 is 23.7 Å². The normalized spacial score (nSPS) is 28.6. The summed E-state index contributed by atoms with van der Waals surface area (Å²) in [5.41, 5.74) is 5.89. The van der Waals surface area contributed by atoms with Crippen molar-refractivity contribution in [3.63, 3.8) is 0 Å². The highest BCUT2D eigenvalue weighted by molar-refractivity contribution is 5.77. The standard InChI is InChI=1S/C19H27N5O5/c1-5-10(6-2)8-26-15-12-14(22-17(20)23-15)24(9-21-12)16-19(4)13(11(7-3)27-16)28-18(25)29-19/h9-11,13,16H,5-8H2,1-4H3,(H2,20,22,23)/t11-,13-,16-,19-/m1/s1. The van der Waals surface area contributed by atoms with Crippen LogP contribution in [0.3, 0.4) is 0 Å². The van der Waals surface area contributed by atoms with Crippen molar-refractivity contribution in [2.24, 2.45) is 5.92 Å². The SMILES string of the molecule is CCC(CC)COc1nc(N)nc2c1ncn2[C@@H]1O[C@H](CC)[C@H]2OC(=O)O[C@]21C. The minimum absolute atomic E-state index is 0.0743. The van der Waals surface area contributed by atoms with Gasteiger partial charge in [0, 0.05) is 0 Å². The van der Waals surface area contributed by atoms with E-state index in [2.05, 4.69) is 28.8 Å². The first-order valence-electron chi connectivity index (χ1n) is 10.1. The van der Waals surface area contributed by atoms with Gasteiger partial charge in [-0.1, -0.05) is 33.6 Å². The second-order valence-corrected chi connectivity index (χ2v) is 7.71. The second kappa shape index (κ2) is 7.33. The number of nitrogens with two attached hydrogens (primary N) is 1. The van der Waals surface area contributed by atoms with Crippen LogP contribution in [0.15, 0.2) is 6.33 Å². The van der Waals surface area contributed by atoms with E-state index < -0.39 is 24.1 Å². The van der Waals surface area contributed by atoms with Crippen LogP contribution in [0.2, 0.25) is 0 Å². The van der Waals surface area contributed by atoms with Crippen LogP contribution in [0.5, 0.6) is 5.88 Å². The van der Waals surface area contributed by atoms with E-state index in [0.29, 0.717) is 36.0 Å². The molecule has 29 heavy (non-hydrogen) atoms. The molecule has 158 valence electrons. The average molecular weight is 405 g/mol. The molecule has 0 aromatic carbocycles. The maximum Gasteiger partial charge on any atom is 0.509 e. The van der Waals surface area contributed by atoms with E-state index >= 15 is 0 Å². The Morgan fingerprint density at radius 3 is 2.76 bits per heavy atom. The zero-order valence-corrected chi connectivity index (χ0v) is 17.1. The molecular formula is C19H27N5O5. The van der Waals surface area contributed by atoms with Gasteiger partial charge in [0.1, 0.15) is 6.10 Å². The van der Waals surface area contributed by atoms with E-state index in [1.807, 2.05) is 6.92 Å². The molecule has 2 saturated heterocycles. The van der Waals surface area contributed by atoms with Crippen LogP contribution in [-0.4, -0.2) is 50.1 Å². The maximum atomic E-state index is 11.8. The Kier molecular flexibility index (Phi) is 4.97. The summed E-state index contributed by atoms with van der Waals surface area (Å²) in [7, 11) is 0. The number of aromatic nitrogens is 4. The highest BCUT2D eigenvalue weighted by atomic mass is 16.8. The Labute approximate surface area is 168 Å². The van der Waals surface area contributed by atoms with Gasteiger partial charge in [0.2, 0.25) is 11.8 Å². The molecule has 0 saturated carbocycles. The molecule has 0 bridgehead atoms. The number of fused-ring (bicyclic) bond motifs is 2. The monoisotopic (exact) mass is 405 g/mol. The summed E-state index contributed by atoms with van der Waals surface area (Å²) in [6.45, 7) is 8.54. The molecule has 2 N–H and O–H groups in total. The number of nitrogen functional groups attached to an aromatic ring is 1. The van der Waals surface area contributed by atoms with Crippen LogP contribution in [0.1, 0.15) is 53.2 Å². The average Bonchev–Trinajstić information content (AvgIpc) is 3.31. The topological polar surface area (TPSA) is 124 Å². The Hall–Kier alpha value is -2.62. The predicted octanol–water partition coefficient (Wildman–Crippen LogP) is 2.83. The molecule has 4 heterocycles. The minimum Gasteiger partial charge on any atom is -0.476 e. The lowest BCUT2D eigenvalue weighted by Crippen LogP contribution is -2.41. The van der Waals surface area contributed by atoms with E-state index in [9.17, 15) is 4.79 Å². The van der Waals surface area contributed by atoms with Crippen molar-refractivity contribution in [1.82, 2.24) is 19.5 Å². The van der Waals surface area contributed by atoms with Gasteiger partial charge in [-0.3, -0.25) is 4.57 Å². The first-order chi connectivity index (χ1) is 13.9. The molecule has 0 spiro atoms. The summed E-state index contributed by atoms with van der Waals surface area (Å²) in [6.07, 6.45) is 2.11.